The molecule has 0 aromatic carbocycles. The minimum Gasteiger partial charge on any atom is -0.381 e. The van der Waals surface area contributed by atoms with Crippen molar-refractivity contribution in [3.63, 3.8) is 0 Å². The largest absolute Gasteiger partial charge is 0.381 e. The third kappa shape index (κ3) is 3.59. The van der Waals surface area contributed by atoms with Crippen LogP contribution < -0.4 is 0 Å². The van der Waals surface area contributed by atoms with E-state index in [1.54, 1.807) is 0 Å². The molecule has 1 aromatic heterocycles. The van der Waals surface area contributed by atoms with Crippen molar-refractivity contribution in [1.82, 2.24) is 19.4 Å². The van der Waals surface area contributed by atoms with E-state index in [9.17, 15) is 4.79 Å². The summed E-state index contributed by atoms with van der Waals surface area (Å²) in [7, 11) is 0. The van der Waals surface area contributed by atoms with E-state index in [1.165, 1.54) is 0 Å². The third-order valence-electron chi connectivity index (χ3n) is 5.71. The van der Waals surface area contributed by atoms with Gasteiger partial charge in [-0.15, -0.1) is 0 Å². The second-order valence-corrected chi connectivity index (χ2v) is 7.31. The number of amides is 1. The Kier molecular flexibility index (Phi) is 5.05. The minimum absolute atomic E-state index is 0.0355. The smallest absolute Gasteiger partial charge is 0.274 e. The molecule has 0 aliphatic carbocycles. The van der Waals surface area contributed by atoms with Crippen molar-refractivity contribution in [2.24, 2.45) is 5.92 Å². The van der Waals surface area contributed by atoms with Crippen LogP contribution in [0.4, 0.5) is 0 Å². The predicted octanol–water partition coefficient (Wildman–Crippen LogP) is 1.16. The van der Waals surface area contributed by atoms with Crippen molar-refractivity contribution in [2.45, 2.75) is 32.4 Å². The van der Waals surface area contributed by atoms with Crippen molar-refractivity contribution >= 4 is 5.91 Å². The highest BCUT2D eigenvalue weighted by atomic mass is 16.5. The molecule has 0 unspecified atom stereocenters. The van der Waals surface area contributed by atoms with Crippen LogP contribution >= 0.6 is 0 Å². The fourth-order valence-corrected chi connectivity index (χ4v) is 4.08. The molecule has 2 saturated heterocycles. The normalized spacial score (nSPS) is 25.8. The minimum atomic E-state index is 0.0355. The van der Waals surface area contributed by atoms with Crippen LogP contribution in [-0.2, 0) is 16.0 Å². The summed E-state index contributed by atoms with van der Waals surface area (Å²) < 4.78 is 13.0. The Morgan fingerprint density at radius 2 is 1.84 bits per heavy atom. The molecule has 3 aliphatic heterocycles. The van der Waals surface area contributed by atoms with Crippen LogP contribution in [-0.4, -0.2) is 77.9 Å². The number of hydrogen-bond donors (Lipinski definition) is 0. The first-order valence-electron chi connectivity index (χ1n) is 9.48. The van der Waals surface area contributed by atoms with Crippen molar-refractivity contribution < 1.29 is 14.3 Å². The first-order valence-corrected chi connectivity index (χ1v) is 9.48. The highest BCUT2D eigenvalue weighted by molar-refractivity contribution is 5.92. The molecular weight excluding hydrogens is 320 g/mol. The summed E-state index contributed by atoms with van der Waals surface area (Å²) in [5.74, 6) is 1.77. The number of morpholine rings is 1. The van der Waals surface area contributed by atoms with Crippen LogP contribution in [0, 0.1) is 5.92 Å². The molecular formula is C18H28N4O3. The molecule has 0 bridgehead atoms. The lowest BCUT2D eigenvalue weighted by Gasteiger charge is -2.37. The Hall–Kier alpha value is -1.44. The zero-order chi connectivity index (χ0) is 17.2. The van der Waals surface area contributed by atoms with Crippen molar-refractivity contribution in [3.05, 3.63) is 17.7 Å². The number of nitrogens with zero attached hydrogens (tertiary/aromatic N) is 4. The summed E-state index contributed by atoms with van der Waals surface area (Å²) in [6.07, 6.45) is 4.24. The van der Waals surface area contributed by atoms with E-state index >= 15 is 0 Å². The molecule has 4 heterocycles. The molecule has 7 nitrogen and oxygen atoms in total. The van der Waals surface area contributed by atoms with Gasteiger partial charge in [-0.1, -0.05) is 0 Å². The van der Waals surface area contributed by atoms with Crippen LogP contribution in [0.15, 0.2) is 6.20 Å². The molecule has 25 heavy (non-hydrogen) atoms. The van der Waals surface area contributed by atoms with Gasteiger partial charge in [0.15, 0.2) is 0 Å². The van der Waals surface area contributed by atoms with Gasteiger partial charge in [-0.25, -0.2) is 4.98 Å². The molecule has 1 amide bonds. The van der Waals surface area contributed by atoms with Gasteiger partial charge in [0.2, 0.25) is 0 Å². The van der Waals surface area contributed by atoms with Crippen LogP contribution in [0.1, 0.15) is 42.1 Å². The van der Waals surface area contributed by atoms with Crippen LogP contribution in [0.2, 0.25) is 0 Å². The number of ether oxygens (including phenoxy) is 2. The van der Waals surface area contributed by atoms with E-state index < -0.39 is 0 Å². The molecule has 7 heteroatoms. The Morgan fingerprint density at radius 3 is 2.60 bits per heavy atom. The molecule has 1 atom stereocenters. The summed E-state index contributed by atoms with van der Waals surface area (Å²) in [6.45, 7) is 9.57. The summed E-state index contributed by atoms with van der Waals surface area (Å²) in [5.41, 5.74) is 0.580. The van der Waals surface area contributed by atoms with Crippen LogP contribution in [0.5, 0.6) is 0 Å². The van der Waals surface area contributed by atoms with Gasteiger partial charge >= 0.3 is 0 Å². The zero-order valence-electron chi connectivity index (χ0n) is 15.0. The summed E-state index contributed by atoms with van der Waals surface area (Å²) in [5, 5.41) is 0. The topological polar surface area (TPSA) is 59.8 Å². The first-order chi connectivity index (χ1) is 12.2. The number of carbonyl (C=O) groups excluding carboxylic acids is 1. The molecule has 1 aromatic rings. The summed E-state index contributed by atoms with van der Waals surface area (Å²) in [6, 6.07) is 0.253. The van der Waals surface area contributed by atoms with Gasteiger partial charge in [0, 0.05) is 52.1 Å². The molecule has 3 aliphatic rings. The number of aromatic nitrogens is 2. The van der Waals surface area contributed by atoms with Gasteiger partial charge in [-0.2, -0.15) is 0 Å². The van der Waals surface area contributed by atoms with E-state index in [4.69, 9.17) is 14.5 Å². The van der Waals surface area contributed by atoms with Gasteiger partial charge in [0.25, 0.3) is 5.91 Å². The van der Waals surface area contributed by atoms with E-state index in [0.29, 0.717) is 37.9 Å². The van der Waals surface area contributed by atoms with Gasteiger partial charge in [0.1, 0.15) is 11.5 Å². The summed E-state index contributed by atoms with van der Waals surface area (Å²) >= 11 is 0. The Balaban J connectivity index is 1.44. The van der Waals surface area contributed by atoms with E-state index in [-0.39, 0.29) is 11.9 Å². The highest BCUT2D eigenvalue weighted by Crippen LogP contribution is 2.28. The van der Waals surface area contributed by atoms with Crippen molar-refractivity contribution in [2.75, 3.05) is 52.6 Å². The van der Waals surface area contributed by atoms with Crippen molar-refractivity contribution in [1.29, 1.82) is 0 Å². The SMILES string of the molecule is C[C@@H]1c2nc(C(=O)N3CCOCC3)cn2CCN1CC1CCOCC1. The Morgan fingerprint density at radius 1 is 1.12 bits per heavy atom. The molecule has 0 radical (unpaired) electrons. The van der Waals surface area contributed by atoms with Gasteiger partial charge in [0.05, 0.1) is 19.3 Å². The highest BCUT2D eigenvalue weighted by Gasteiger charge is 2.30. The average molecular weight is 348 g/mol. The summed E-state index contributed by atoms with van der Waals surface area (Å²) in [4.78, 5) is 21.8. The third-order valence-corrected chi connectivity index (χ3v) is 5.71. The first kappa shape index (κ1) is 17.0. The lowest BCUT2D eigenvalue weighted by Crippen LogP contribution is -2.41. The molecule has 2 fully saturated rings. The van der Waals surface area contributed by atoms with Gasteiger partial charge in [-0.3, -0.25) is 9.69 Å². The molecule has 138 valence electrons. The standard InChI is InChI=1S/C18H28N4O3/c1-14-17-19-16(18(23)20-6-10-25-11-7-20)13-22(17)5-4-21(14)12-15-2-8-24-9-3-15/h13-15H,2-12H2,1H3/t14-/m1/s1. The number of fused-ring (bicyclic) bond motifs is 1. The van der Waals surface area contributed by atoms with E-state index in [0.717, 1.165) is 51.5 Å². The van der Waals surface area contributed by atoms with E-state index in [1.807, 2.05) is 11.1 Å². The predicted molar refractivity (Wildman–Crippen MR) is 92.5 cm³/mol. The lowest BCUT2D eigenvalue weighted by atomic mass is 9.98. The maximum Gasteiger partial charge on any atom is 0.274 e. The van der Waals surface area contributed by atoms with Gasteiger partial charge in [-0.05, 0) is 25.7 Å². The average Bonchev–Trinajstić information content (AvgIpc) is 3.10. The van der Waals surface area contributed by atoms with E-state index in [2.05, 4.69) is 16.4 Å². The quantitative estimate of drug-likeness (QED) is 0.820. The number of rotatable bonds is 3. The molecule has 0 spiro atoms. The number of carbonyl (C=O) groups is 1. The lowest BCUT2D eigenvalue weighted by molar-refractivity contribution is 0.0299. The molecule has 4 rings (SSSR count). The van der Waals surface area contributed by atoms with Crippen LogP contribution in [0.3, 0.4) is 0 Å². The Labute approximate surface area is 148 Å². The molecule has 0 saturated carbocycles. The number of hydrogen-bond acceptors (Lipinski definition) is 5. The fraction of sp³-hybridized carbons (Fsp3) is 0.778. The van der Waals surface area contributed by atoms with Crippen molar-refractivity contribution in [3.8, 4) is 0 Å². The second kappa shape index (κ2) is 7.43. The Bertz CT molecular complexity index is 605. The fourth-order valence-electron chi connectivity index (χ4n) is 4.08. The maximum atomic E-state index is 12.7. The maximum absolute atomic E-state index is 12.7. The molecule has 0 N–H and O–H groups in total. The monoisotopic (exact) mass is 348 g/mol. The number of imidazole rings is 1. The second-order valence-electron chi connectivity index (χ2n) is 7.31. The van der Waals surface area contributed by atoms with Gasteiger partial charge < -0.3 is 18.9 Å². The van der Waals surface area contributed by atoms with Crippen LogP contribution in [0.25, 0.3) is 0 Å². The zero-order valence-corrected chi connectivity index (χ0v) is 15.0.